The molecule has 3 rings (SSSR count). The lowest BCUT2D eigenvalue weighted by molar-refractivity contribution is 0.0934. The third-order valence-electron chi connectivity index (χ3n) is 4.10. The van der Waals surface area contributed by atoms with E-state index in [-0.39, 0.29) is 17.6 Å². The summed E-state index contributed by atoms with van der Waals surface area (Å²) >= 11 is 0. The Balaban J connectivity index is 1.80. The molecule has 0 saturated heterocycles. The second-order valence-corrected chi connectivity index (χ2v) is 5.84. The third-order valence-corrected chi connectivity index (χ3v) is 4.10. The number of rotatable bonds is 6. The van der Waals surface area contributed by atoms with E-state index >= 15 is 0 Å². The number of imidazole rings is 1. The number of hydrogen-bond donors (Lipinski definition) is 2. The summed E-state index contributed by atoms with van der Waals surface area (Å²) in [6.45, 7) is 4.97. The van der Waals surface area contributed by atoms with Crippen molar-refractivity contribution in [2.45, 2.75) is 32.4 Å². The number of hydrogen-bond acceptors (Lipinski definition) is 4. The zero-order valence-electron chi connectivity index (χ0n) is 14.0. The van der Waals surface area contributed by atoms with E-state index in [9.17, 15) is 9.59 Å². The van der Waals surface area contributed by atoms with Gasteiger partial charge in [0, 0.05) is 19.3 Å². The molecular formula is C18H21N5O2. The first-order valence-electron chi connectivity index (χ1n) is 8.37. The van der Waals surface area contributed by atoms with E-state index in [0.717, 1.165) is 30.7 Å². The van der Waals surface area contributed by atoms with E-state index in [0.29, 0.717) is 25.3 Å². The molecule has 2 amide bonds. The molecule has 7 nitrogen and oxygen atoms in total. The molecule has 7 heteroatoms. The van der Waals surface area contributed by atoms with E-state index in [4.69, 9.17) is 0 Å². The van der Waals surface area contributed by atoms with Gasteiger partial charge in [-0.1, -0.05) is 12.1 Å². The first kappa shape index (κ1) is 16.9. The molecule has 2 aromatic rings. The van der Waals surface area contributed by atoms with E-state index in [1.165, 1.54) is 0 Å². The average molecular weight is 339 g/mol. The summed E-state index contributed by atoms with van der Waals surface area (Å²) in [5.74, 6) is -0.278. The summed E-state index contributed by atoms with van der Waals surface area (Å²) in [4.78, 5) is 33.4. The number of amides is 2. The summed E-state index contributed by atoms with van der Waals surface area (Å²) in [7, 11) is 0. The van der Waals surface area contributed by atoms with Crippen LogP contribution in [0.4, 0.5) is 0 Å². The van der Waals surface area contributed by atoms with E-state index in [2.05, 4.69) is 27.2 Å². The maximum atomic E-state index is 12.6. The fraction of sp³-hybridized carbons (Fsp3) is 0.333. The molecular weight excluding hydrogens is 318 g/mol. The van der Waals surface area contributed by atoms with Crippen molar-refractivity contribution in [2.75, 3.05) is 6.54 Å². The highest BCUT2D eigenvalue weighted by molar-refractivity contribution is 5.97. The molecule has 0 fully saturated rings. The molecule has 2 aromatic heterocycles. The zero-order valence-corrected chi connectivity index (χ0v) is 14.0. The van der Waals surface area contributed by atoms with E-state index in [1.54, 1.807) is 12.3 Å². The van der Waals surface area contributed by atoms with Crippen molar-refractivity contribution in [1.82, 2.24) is 25.2 Å². The number of fused-ring (bicyclic) bond motifs is 1. The number of nitrogens with zero attached hydrogens (tertiary/aromatic N) is 3. The molecule has 0 aliphatic carbocycles. The van der Waals surface area contributed by atoms with Crippen molar-refractivity contribution < 1.29 is 9.59 Å². The Kier molecular flexibility index (Phi) is 5.23. The SMILES string of the molecule is C=CCNC(=O)c1nc(C(=O)NCc2ccccn2)n2c1CCCC2. The van der Waals surface area contributed by atoms with Crippen LogP contribution >= 0.6 is 0 Å². The largest absolute Gasteiger partial charge is 0.347 e. The lowest BCUT2D eigenvalue weighted by Gasteiger charge is -2.17. The Morgan fingerprint density at radius 2 is 2.12 bits per heavy atom. The van der Waals surface area contributed by atoms with Crippen molar-refractivity contribution >= 4 is 11.8 Å². The molecule has 130 valence electrons. The molecule has 1 aliphatic heterocycles. The summed E-state index contributed by atoms with van der Waals surface area (Å²) in [5.41, 5.74) is 1.94. The average Bonchev–Trinajstić information content (AvgIpc) is 3.05. The first-order valence-corrected chi connectivity index (χ1v) is 8.37. The Hall–Kier alpha value is -2.96. The second kappa shape index (κ2) is 7.74. The van der Waals surface area contributed by atoms with Crippen LogP contribution in [0.25, 0.3) is 0 Å². The molecule has 25 heavy (non-hydrogen) atoms. The second-order valence-electron chi connectivity index (χ2n) is 5.84. The van der Waals surface area contributed by atoms with Crippen LogP contribution in [0.1, 0.15) is 45.3 Å². The highest BCUT2D eigenvalue weighted by Crippen LogP contribution is 2.21. The van der Waals surface area contributed by atoms with Crippen LogP contribution in [0.15, 0.2) is 37.1 Å². The monoisotopic (exact) mass is 339 g/mol. The Morgan fingerprint density at radius 3 is 2.88 bits per heavy atom. The van der Waals surface area contributed by atoms with Gasteiger partial charge < -0.3 is 15.2 Å². The van der Waals surface area contributed by atoms with E-state index < -0.39 is 0 Å². The fourth-order valence-electron chi connectivity index (χ4n) is 2.90. The Labute approximate surface area is 146 Å². The van der Waals surface area contributed by atoms with Crippen LogP contribution in [0.5, 0.6) is 0 Å². The van der Waals surface area contributed by atoms with E-state index in [1.807, 2.05) is 22.8 Å². The van der Waals surface area contributed by atoms with Crippen LogP contribution in [-0.4, -0.2) is 32.9 Å². The zero-order chi connectivity index (χ0) is 17.6. The minimum atomic E-state index is -0.295. The van der Waals surface area contributed by atoms with Gasteiger partial charge in [-0.25, -0.2) is 4.98 Å². The van der Waals surface area contributed by atoms with Gasteiger partial charge in [0.15, 0.2) is 5.82 Å². The molecule has 2 N–H and O–H groups in total. The highest BCUT2D eigenvalue weighted by atomic mass is 16.2. The molecule has 1 aliphatic rings. The predicted molar refractivity (Wildman–Crippen MR) is 93.1 cm³/mol. The van der Waals surface area contributed by atoms with Gasteiger partial charge in [0.25, 0.3) is 11.8 Å². The normalized spacial score (nSPS) is 13.0. The molecule has 0 radical (unpaired) electrons. The topological polar surface area (TPSA) is 88.9 Å². The molecule has 0 unspecified atom stereocenters. The Bertz CT molecular complexity index is 782. The summed E-state index contributed by atoms with van der Waals surface area (Å²) in [5, 5.41) is 5.56. The van der Waals surface area contributed by atoms with Gasteiger partial charge in [-0.3, -0.25) is 14.6 Å². The van der Waals surface area contributed by atoms with Crippen LogP contribution in [0.2, 0.25) is 0 Å². The number of aromatic nitrogens is 3. The maximum absolute atomic E-state index is 12.6. The van der Waals surface area contributed by atoms with Crippen LogP contribution < -0.4 is 10.6 Å². The lowest BCUT2D eigenvalue weighted by Crippen LogP contribution is -2.27. The number of nitrogens with one attached hydrogen (secondary N) is 2. The predicted octanol–water partition coefficient (Wildman–Crippen LogP) is 1.46. The van der Waals surface area contributed by atoms with Crippen molar-refractivity contribution in [3.8, 4) is 0 Å². The first-order chi connectivity index (χ1) is 12.2. The van der Waals surface area contributed by atoms with Gasteiger partial charge >= 0.3 is 0 Å². The van der Waals surface area contributed by atoms with Crippen LogP contribution in [0.3, 0.4) is 0 Å². The summed E-state index contributed by atoms with van der Waals surface area (Å²) < 4.78 is 1.86. The van der Waals surface area contributed by atoms with Crippen LogP contribution in [-0.2, 0) is 19.5 Å². The summed E-state index contributed by atoms with van der Waals surface area (Å²) in [6.07, 6.45) is 6.00. The highest BCUT2D eigenvalue weighted by Gasteiger charge is 2.27. The van der Waals surface area contributed by atoms with Crippen molar-refractivity contribution in [2.24, 2.45) is 0 Å². The molecule has 0 aromatic carbocycles. The van der Waals surface area contributed by atoms with Gasteiger partial charge in [0.05, 0.1) is 17.9 Å². The fourth-order valence-corrected chi connectivity index (χ4v) is 2.90. The molecule has 0 spiro atoms. The molecule has 0 saturated carbocycles. The van der Waals surface area contributed by atoms with Gasteiger partial charge in [0.2, 0.25) is 0 Å². The number of pyridine rings is 1. The lowest BCUT2D eigenvalue weighted by atomic mass is 10.1. The number of carbonyl (C=O) groups excluding carboxylic acids is 2. The van der Waals surface area contributed by atoms with Gasteiger partial charge in [-0.2, -0.15) is 0 Å². The Morgan fingerprint density at radius 1 is 1.24 bits per heavy atom. The minimum Gasteiger partial charge on any atom is -0.347 e. The number of carbonyl (C=O) groups is 2. The quantitative estimate of drug-likeness (QED) is 0.780. The smallest absolute Gasteiger partial charge is 0.287 e. The summed E-state index contributed by atoms with van der Waals surface area (Å²) in [6, 6.07) is 5.54. The molecule has 0 bridgehead atoms. The molecule has 0 atom stereocenters. The van der Waals surface area contributed by atoms with Gasteiger partial charge in [0.1, 0.15) is 5.69 Å². The van der Waals surface area contributed by atoms with Crippen molar-refractivity contribution in [3.05, 3.63) is 60.0 Å². The third kappa shape index (κ3) is 3.76. The van der Waals surface area contributed by atoms with Crippen molar-refractivity contribution in [3.63, 3.8) is 0 Å². The molecule has 3 heterocycles. The van der Waals surface area contributed by atoms with Gasteiger partial charge in [-0.15, -0.1) is 6.58 Å². The van der Waals surface area contributed by atoms with Crippen molar-refractivity contribution in [1.29, 1.82) is 0 Å². The van der Waals surface area contributed by atoms with Gasteiger partial charge in [-0.05, 0) is 31.4 Å². The maximum Gasteiger partial charge on any atom is 0.287 e. The standard InChI is InChI=1S/C18H21N5O2/c1-2-9-20-17(24)15-14-8-4-6-11-23(14)16(22-15)18(25)21-12-13-7-3-5-10-19-13/h2-3,5,7,10H,1,4,6,8-9,11-12H2,(H,20,24)(H,21,25). The minimum absolute atomic E-state index is 0.269. The van der Waals surface area contributed by atoms with Crippen LogP contribution in [0, 0.1) is 0 Å².